The summed E-state index contributed by atoms with van der Waals surface area (Å²) in [6.07, 6.45) is 1.82. The fourth-order valence-electron chi connectivity index (χ4n) is 3.28. The number of hydrogen-bond acceptors (Lipinski definition) is 3. The van der Waals surface area contributed by atoms with Gasteiger partial charge in [0.15, 0.2) is 0 Å². The molecule has 1 aliphatic carbocycles. The molecule has 1 aliphatic heterocycles. The predicted molar refractivity (Wildman–Crippen MR) is 82.4 cm³/mol. The molecule has 4 rings (SSSR count). The number of hydrogen-bond donors (Lipinski definition) is 0. The zero-order valence-electron chi connectivity index (χ0n) is 13.0. The van der Waals surface area contributed by atoms with E-state index in [2.05, 4.69) is 24.2 Å². The lowest BCUT2D eigenvalue weighted by Gasteiger charge is -2.27. The molecular formula is C17H20N4O. The van der Waals surface area contributed by atoms with Crippen LogP contribution in [0.4, 0.5) is 0 Å². The first-order valence-corrected chi connectivity index (χ1v) is 7.84. The largest absolute Gasteiger partial charge is 0.336 e. The summed E-state index contributed by atoms with van der Waals surface area (Å²) >= 11 is 0. The van der Waals surface area contributed by atoms with Gasteiger partial charge in [-0.1, -0.05) is 37.3 Å². The summed E-state index contributed by atoms with van der Waals surface area (Å²) in [7, 11) is 0. The van der Waals surface area contributed by atoms with Crippen LogP contribution >= 0.6 is 0 Å². The highest BCUT2D eigenvalue weighted by Crippen LogP contribution is 2.52. The van der Waals surface area contributed by atoms with Gasteiger partial charge in [-0.2, -0.15) is 0 Å². The highest BCUT2D eigenvalue weighted by Gasteiger charge is 2.52. The fourth-order valence-corrected chi connectivity index (χ4v) is 3.28. The highest BCUT2D eigenvalue weighted by molar-refractivity contribution is 5.82. The summed E-state index contributed by atoms with van der Waals surface area (Å²) in [4.78, 5) is 14.5. The Kier molecular flexibility index (Phi) is 2.86. The maximum Gasteiger partial charge on any atom is 0.226 e. The molecule has 114 valence electrons. The quantitative estimate of drug-likeness (QED) is 0.853. The maximum atomic E-state index is 12.5. The molecule has 2 heterocycles. The summed E-state index contributed by atoms with van der Waals surface area (Å²) < 4.78 is 1.90. The molecule has 1 fully saturated rings. The van der Waals surface area contributed by atoms with E-state index >= 15 is 0 Å². The van der Waals surface area contributed by atoms with Gasteiger partial charge in [0.25, 0.3) is 0 Å². The van der Waals surface area contributed by atoms with Crippen LogP contribution in [0.25, 0.3) is 5.69 Å². The SMILES string of the molecule is CC1(C)C[C@@H]1C(=O)N1CCc2c(nnn2-c2ccccc2)C1. The standard InChI is InChI=1S/C17H20N4O/c1-17(2)10-13(17)16(22)20-9-8-15-14(11-20)18-19-21(15)12-6-4-3-5-7-12/h3-7,13H,8-11H2,1-2H3/t13-/m1/s1. The zero-order chi connectivity index (χ0) is 15.3. The van der Waals surface area contributed by atoms with Gasteiger partial charge in [0.2, 0.25) is 5.91 Å². The molecular weight excluding hydrogens is 276 g/mol. The molecule has 0 radical (unpaired) electrons. The van der Waals surface area contributed by atoms with E-state index in [4.69, 9.17) is 0 Å². The third kappa shape index (κ3) is 2.12. The molecule has 1 atom stereocenters. The van der Waals surface area contributed by atoms with Gasteiger partial charge in [-0.3, -0.25) is 4.79 Å². The molecule has 1 aromatic heterocycles. The molecule has 5 heteroatoms. The Morgan fingerprint density at radius 1 is 1.27 bits per heavy atom. The second-order valence-corrected chi connectivity index (χ2v) is 6.99. The Labute approximate surface area is 129 Å². The van der Waals surface area contributed by atoms with E-state index in [9.17, 15) is 4.79 Å². The molecule has 0 saturated heterocycles. The number of para-hydroxylation sites is 1. The minimum Gasteiger partial charge on any atom is -0.336 e. The molecule has 0 bridgehead atoms. The lowest BCUT2D eigenvalue weighted by Crippen LogP contribution is -2.38. The summed E-state index contributed by atoms with van der Waals surface area (Å²) in [5.41, 5.74) is 3.27. The van der Waals surface area contributed by atoms with Gasteiger partial charge in [-0.25, -0.2) is 4.68 Å². The lowest BCUT2D eigenvalue weighted by atomic mass is 10.1. The predicted octanol–water partition coefficient (Wildman–Crippen LogP) is 2.20. The summed E-state index contributed by atoms with van der Waals surface area (Å²) in [5, 5.41) is 8.58. The molecule has 5 nitrogen and oxygen atoms in total. The van der Waals surface area contributed by atoms with Crippen molar-refractivity contribution in [2.45, 2.75) is 33.2 Å². The molecule has 22 heavy (non-hydrogen) atoms. The van der Waals surface area contributed by atoms with Crippen molar-refractivity contribution in [1.82, 2.24) is 19.9 Å². The molecule has 2 aliphatic rings. The number of benzene rings is 1. The van der Waals surface area contributed by atoms with Gasteiger partial charge in [-0.05, 0) is 24.0 Å². The molecule has 0 unspecified atom stereocenters. The van der Waals surface area contributed by atoms with Crippen LogP contribution in [0.5, 0.6) is 0 Å². The Bertz CT molecular complexity index is 720. The summed E-state index contributed by atoms with van der Waals surface area (Å²) in [5.74, 6) is 0.475. The van der Waals surface area contributed by atoms with Gasteiger partial charge in [0.1, 0.15) is 5.69 Å². The first-order valence-electron chi connectivity index (χ1n) is 7.84. The average molecular weight is 296 g/mol. The highest BCUT2D eigenvalue weighted by atomic mass is 16.2. The van der Waals surface area contributed by atoms with E-state index in [0.717, 1.165) is 36.5 Å². The Hall–Kier alpha value is -2.17. The van der Waals surface area contributed by atoms with Crippen molar-refractivity contribution in [1.29, 1.82) is 0 Å². The van der Waals surface area contributed by atoms with Crippen molar-refractivity contribution >= 4 is 5.91 Å². The van der Waals surface area contributed by atoms with E-state index < -0.39 is 0 Å². The van der Waals surface area contributed by atoms with Crippen molar-refractivity contribution in [3.05, 3.63) is 41.7 Å². The third-order valence-electron chi connectivity index (χ3n) is 4.93. The Morgan fingerprint density at radius 3 is 2.68 bits per heavy atom. The van der Waals surface area contributed by atoms with Crippen molar-refractivity contribution < 1.29 is 4.79 Å². The van der Waals surface area contributed by atoms with Crippen LogP contribution in [-0.2, 0) is 17.8 Å². The van der Waals surface area contributed by atoms with E-state index in [1.165, 1.54) is 0 Å². The zero-order valence-corrected chi connectivity index (χ0v) is 13.0. The van der Waals surface area contributed by atoms with E-state index in [-0.39, 0.29) is 17.2 Å². The van der Waals surface area contributed by atoms with Gasteiger partial charge in [-0.15, -0.1) is 5.10 Å². The topological polar surface area (TPSA) is 51.0 Å². The van der Waals surface area contributed by atoms with Crippen LogP contribution < -0.4 is 0 Å². The summed E-state index contributed by atoms with van der Waals surface area (Å²) in [6, 6.07) is 10.0. The number of rotatable bonds is 2. The van der Waals surface area contributed by atoms with Crippen LogP contribution in [-0.4, -0.2) is 32.3 Å². The maximum absolute atomic E-state index is 12.5. The molecule has 1 aromatic carbocycles. The lowest BCUT2D eigenvalue weighted by molar-refractivity contribution is -0.134. The van der Waals surface area contributed by atoms with Crippen molar-refractivity contribution in [2.75, 3.05) is 6.54 Å². The average Bonchev–Trinajstić information content (AvgIpc) is 2.97. The molecule has 2 aromatic rings. The number of amides is 1. The fraction of sp³-hybridized carbons (Fsp3) is 0.471. The number of nitrogens with zero attached hydrogens (tertiary/aromatic N) is 4. The number of carbonyl (C=O) groups excluding carboxylic acids is 1. The van der Waals surface area contributed by atoms with Crippen molar-refractivity contribution in [2.24, 2.45) is 11.3 Å². The molecule has 1 saturated carbocycles. The molecule has 0 N–H and O–H groups in total. The van der Waals surface area contributed by atoms with Gasteiger partial charge in [0, 0.05) is 18.9 Å². The smallest absolute Gasteiger partial charge is 0.226 e. The van der Waals surface area contributed by atoms with Crippen LogP contribution in [0, 0.1) is 11.3 Å². The van der Waals surface area contributed by atoms with Crippen LogP contribution in [0.15, 0.2) is 30.3 Å². The van der Waals surface area contributed by atoms with Crippen LogP contribution in [0.3, 0.4) is 0 Å². The van der Waals surface area contributed by atoms with Gasteiger partial charge >= 0.3 is 0 Å². The van der Waals surface area contributed by atoms with Gasteiger partial charge < -0.3 is 4.90 Å². The Morgan fingerprint density at radius 2 is 2.00 bits per heavy atom. The third-order valence-corrected chi connectivity index (χ3v) is 4.93. The minimum atomic E-state index is 0.180. The van der Waals surface area contributed by atoms with E-state index in [1.54, 1.807) is 0 Å². The van der Waals surface area contributed by atoms with Crippen molar-refractivity contribution in [3.63, 3.8) is 0 Å². The minimum absolute atomic E-state index is 0.180. The molecule has 1 amide bonds. The van der Waals surface area contributed by atoms with Crippen LogP contribution in [0.1, 0.15) is 31.7 Å². The normalized spacial score (nSPS) is 22.3. The first kappa shape index (κ1) is 13.5. The van der Waals surface area contributed by atoms with Gasteiger partial charge in [0.05, 0.1) is 17.9 Å². The molecule has 0 spiro atoms. The van der Waals surface area contributed by atoms with E-state index in [1.807, 2.05) is 39.9 Å². The monoisotopic (exact) mass is 296 g/mol. The summed E-state index contributed by atoms with van der Waals surface area (Å²) in [6.45, 7) is 5.68. The van der Waals surface area contributed by atoms with Crippen molar-refractivity contribution in [3.8, 4) is 5.69 Å². The number of carbonyl (C=O) groups is 1. The second kappa shape index (κ2) is 4.66. The van der Waals surface area contributed by atoms with E-state index in [0.29, 0.717) is 6.54 Å². The second-order valence-electron chi connectivity index (χ2n) is 6.99. The van der Waals surface area contributed by atoms with Crippen LogP contribution in [0.2, 0.25) is 0 Å². The number of fused-ring (bicyclic) bond motifs is 1. The Balaban J connectivity index is 1.56. The first-order chi connectivity index (χ1) is 10.6. The number of aromatic nitrogens is 3.